The molecule has 2 unspecified atom stereocenters. The number of hydrogen-bond donors (Lipinski definition) is 2. The molecule has 0 aromatic carbocycles. The van der Waals surface area contributed by atoms with Crippen LogP contribution in [0.4, 0.5) is 0 Å². The summed E-state index contributed by atoms with van der Waals surface area (Å²) >= 11 is 0. The minimum atomic E-state index is -0.954. The third kappa shape index (κ3) is 2.11. The molecule has 0 saturated heterocycles. The molecule has 1 saturated carbocycles. The lowest BCUT2D eigenvalue weighted by Crippen LogP contribution is -2.50. The maximum atomic E-state index is 12.5. The van der Waals surface area contributed by atoms with Gasteiger partial charge >= 0.3 is 5.97 Å². The van der Waals surface area contributed by atoms with E-state index in [1.165, 1.54) is 4.90 Å². The lowest BCUT2D eigenvalue weighted by molar-refractivity contribution is -0.153. The van der Waals surface area contributed by atoms with Crippen LogP contribution in [0.2, 0.25) is 0 Å². The van der Waals surface area contributed by atoms with Crippen LogP contribution in [-0.4, -0.2) is 37.9 Å². The SMILES string of the molecule is CC(C(=O)N1Cc2[nH]cnc2CC1C(=O)O)C1CC1. The highest BCUT2D eigenvalue weighted by Gasteiger charge is 2.41. The number of aromatic nitrogens is 2. The first-order valence-corrected chi connectivity index (χ1v) is 6.62. The monoisotopic (exact) mass is 263 g/mol. The third-order valence-corrected chi connectivity index (χ3v) is 4.19. The smallest absolute Gasteiger partial charge is 0.326 e. The summed E-state index contributed by atoms with van der Waals surface area (Å²) in [5.74, 6) is -0.642. The predicted molar refractivity (Wildman–Crippen MR) is 66.2 cm³/mol. The maximum Gasteiger partial charge on any atom is 0.326 e. The van der Waals surface area contributed by atoms with Gasteiger partial charge in [0, 0.05) is 12.3 Å². The van der Waals surface area contributed by atoms with Crippen LogP contribution in [0.5, 0.6) is 0 Å². The van der Waals surface area contributed by atoms with Crippen molar-refractivity contribution in [2.24, 2.45) is 11.8 Å². The van der Waals surface area contributed by atoms with Gasteiger partial charge in [-0.15, -0.1) is 0 Å². The molecule has 6 heteroatoms. The summed E-state index contributed by atoms with van der Waals surface area (Å²) in [7, 11) is 0. The lowest BCUT2D eigenvalue weighted by Gasteiger charge is -2.34. The van der Waals surface area contributed by atoms with Crippen molar-refractivity contribution in [2.75, 3.05) is 0 Å². The molecule has 0 spiro atoms. The molecule has 2 heterocycles. The Morgan fingerprint density at radius 2 is 2.26 bits per heavy atom. The number of carbonyl (C=O) groups is 2. The first-order chi connectivity index (χ1) is 9.08. The molecule has 1 amide bonds. The number of nitrogens with one attached hydrogen (secondary N) is 1. The predicted octanol–water partition coefficient (Wildman–Crippen LogP) is 0.794. The summed E-state index contributed by atoms with van der Waals surface area (Å²) in [6.45, 7) is 2.23. The standard InChI is InChI=1S/C13H17N3O3/c1-7(8-2-3-8)12(17)16-5-10-9(14-6-15-10)4-11(16)13(18)19/h6-8,11H,2-5H2,1H3,(H,14,15)(H,18,19). The molecule has 19 heavy (non-hydrogen) atoms. The fourth-order valence-corrected chi connectivity index (χ4v) is 2.75. The van der Waals surface area contributed by atoms with Gasteiger partial charge in [-0.1, -0.05) is 6.92 Å². The number of H-pyrrole nitrogens is 1. The Balaban J connectivity index is 1.85. The molecule has 1 aliphatic heterocycles. The second-order valence-electron chi connectivity index (χ2n) is 5.48. The number of imidazole rings is 1. The number of carboxylic acid groups (broad SMARTS) is 1. The van der Waals surface area contributed by atoms with Gasteiger partial charge in [-0.2, -0.15) is 0 Å². The van der Waals surface area contributed by atoms with E-state index < -0.39 is 12.0 Å². The van der Waals surface area contributed by atoms with Crippen molar-refractivity contribution in [1.29, 1.82) is 0 Å². The van der Waals surface area contributed by atoms with Crippen LogP contribution in [0.15, 0.2) is 6.33 Å². The topological polar surface area (TPSA) is 86.3 Å². The highest BCUT2D eigenvalue weighted by molar-refractivity contribution is 5.86. The number of aromatic amines is 1. The van der Waals surface area contributed by atoms with Crippen LogP contribution < -0.4 is 0 Å². The fourth-order valence-electron chi connectivity index (χ4n) is 2.75. The van der Waals surface area contributed by atoms with E-state index in [2.05, 4.69) is 9.97 Å². The Bertz CT molecular complexity index is 521. The number of amides is 1. The van der Waals surface area contributed by atoms with Gasteiger partial charge in [0.05, 0.1) is 24.3 Å². The van der Waals surface area contributed by atoms with Gasteiger partial charge in [-0.25, -0.2) is 9.78 Å². The van der Waals surface area contributed by atoms with Crippen molar-refractivity contribution in [3.63, 3.8) is 0 Å². The van der Waals surface area contributed by atoms with Crippen molar-refractivity contribution in [1.82, 2.24) is 14.9 Å². The third-order valence-electron chi connectivity index (χ3n) is 4.19. The first-order valence-electron chi connectivity index (χ1n) is 6.62. The summed E-state index contributed by atoms with van der Waals surface area (Å²) in [4.78, 5) is 32.4. The molecule has 1 aliphatic carbocycles. The highest BCUT2D eigenvalue weighted by atomic mass is 16.4. The fraction of sp³-hybridized carbons (Fsp3) is 0.615. The van der Waals surface area contributed by atoms with Gasteiger partial charge < -0.3 is 15.0 Å². The van der Waals surface area contributed by atoms with E-state index in [4.69, 9.17) is 0 Å². The summed E-state index contributed by atoms with van der Waals surface area (Å²) in [6, 6.07) is -0.788. The van der Waals surface area contributed by atoms with Crippen molar-refractivity contribution in [3.05, 3.63) is 17.7 Å². The number of aliphatic carboxylic acids is 1. The van der Waals surface area contributed by atoms with Gasteiger partial charge in [0.2, 0.25) is 5.91 Å². The summed E-state index contributed by atoms with van der Waals surface area (Å²) < 4.78 is 0. The summed E-state index contributed by atoms with van der Waals surface area (Å²) in [6.07, 6.45) is 4.00. The number of fused-ring (bicyclic) bond motifs is 1. The van der Waals surface area contributed by atoms with E-state index in [1.54, 1.807) is 6.33 Å². The Hall–Kier alpha value is -1.85. The zero-order chi connectivity index (χ0) is 13.6. The van der Waals surface area contributed by atoms with Gasteiger partial charge in [0.15, 0.2) is 0 Å². The van der Waals surface area contributed by atoms with E-state index in [0.29, 0.717) is 12.5 Å². The Kier molecular flexibility index (Phi) is 2.80. The molecule has 2 N–H and O–H groups in total. The van der Waals surface area contributed by atoms with Crippen LogP contribution in [0.1, 0.15) is 31.2 Å². The second-order valence-corrected chi connectivity index (χ2v) is 5.48. The minimum absolute atomic E-state index is 0.0462. The van der Waals surface area contributed by atoms with Gasteiger partial charge in [-0.3, -0.25) is 4.79 Å². The summed E-state index contributed by atoms with van der Waals surface area (Å²) in [5, 5.41) is 9.32. The van der Waals surface area contributed by atoms with Crippen LogP contribution >= 0.6 is 0 Å². The molecule has 1 aromatic rings. The molecule has 3 rings (SSSR count). The Labute approximate surface area is 110 Å². The molecule has 1 fully saturated rings. The number of nitrogens with zero attached hydrogens (tertiary/aromatic N) is 2. The largest absolute Gasteiger partial charge is 0.480 e. The van der Waals surface area contributed by atoms with Crippen LogP contribution in [-0.2, 0) is 22.6 Å². The number of carboxylic acids is 1. The molecule has 0 bridgehead atoms. The molecular weight excluding hydrogens is 246 g/mol. The molecule has 0 radical (unpaired) electrons. The quantitative estimate of drug-likeness (QED) is 0.844. The zero-order valence-corrected chi connectivity index (χ0v) is 10.8. The molecule has 1 aromatic heterocycles. The van der Waals surface area contributed by atoms with Crippen LogP contribution in [0.3, 0.4) is 0 Å². The van der Waals surface area contributed by atoms with Gasteiger partial charge in [0.25, 0.3) is 0 Å². The van der Waals surface area contributed by atoms with Crippen LogP contribution in [0, 0.1) is 11.8 Å². The lowest BCUT2D eigenvalue weighted by atomic mass is 9.98. The van der Waals surface area contributed by atoms with Crippen molar-refractivity contribution in [2.45, 2.75) is 38.8 Å². The van der Waals surface area contributed by atoms with E-state index in [1.807, 2.05) is 6.92 Å². The number of hydrogen-bond acceptors (Lipinski definition) is 3. The molecule has 6 nitrogen and oxygen atoms in total. The zero-order valence-electron chi connectivity index (χ0n) is 10.8. The number of rotatable bonds is 3. The molecule has 2 atom stereocenters. The van der Waals surface area contributed by atoms with E-state index in [0.717, 1.165) is 24.2 Å². The first kappa shape index (κ1) is 12.2. The molecular formula is C13H17N3O3. The van der Waals surface area contributed by atoms with Crippen molar-refractivity contribution >= 4 is 11.9 Å². The average molecular weight is 263 g/mol. The van der Waals surface area contributed by atoms with E-state index in [9.17, 15) is 14.7 Å². The van der Waals surface area contributed by atoms with E-state index >= 15 is 0 Å². The summed E-state index contributed by atoms with van der Waals surface area (Å²) in [5.41, 5.74) is 1.62. The van der Waals surface area contributed by atoms with Crippen LogP contribution in [0.25, 0.3) is 0 Å². The second kappa shape index (κ2) is 4.36. The Morgan fingerprint density at radius 1 is 1.53 bits per heavy atom. The molecule has 102 valence electrons. The number of carbonyl (C=O) groups excluding carboxylic acids is 1. The maximum absolute atomic E-state index is 12.5. The van der Waals surface area contributed by atoms with Crippen molar-refractivity contribution < 1.29 is 14.7 Å². The average Bonchev–Trinajstić information content (AvgIpc) is 3.14. The van der Waals surface area contributed by atoms with Gasteiger partial charge in [-0.05, 0) is 18.8 Å². The van der Waals surface area contributed by atoms with Gasteiger partial charge in [0.1, 0.15) is 6.04 Å². The van der Waals surface area contributed by atoms with E-state index in [-0.39, 0.29) is 18.2 Å². The van der Waals surface area contributed by atoms with Crippen molar-refractivity contribution in [3.8, 4) is 0 Å². The normalized spacial score (nSPS) is 23.8. The minimum Gasteiger partial charge on any atom is -0.480 e. The molecule has 2 aliphatic rings. The highest BCUT2D eigenvalue weighted by Crippen LogP contribution is 2.38. The Morgan fingerprint density at radius 3 is 2.89 bits per heavy atom.